The number of nitriles is 1. The molecule has 0 fully saturated rings. The fourth-order valence-corrected chi connectivity index (χ4v) is 3.06. The van der Waals surface area contributed by atoms with E-state index in [1.807, 2.05) is 61.7 Å². The Hall–Kier alpha value is -3.32. The maximum Gasteiger partial charge on any atom is 0.0991 e. The Morgan fingerprint density at radius 3 is 2.48 bits per heavy atom. The van der Waals surface area contributed by atoms with Crippen LogP contribution >= 0.6 is 0 Å². The van der Waals surface area contributed by atoms with Crippen molar-refractivity contribution in [2.45, 2.75) is 6.92 Å². The first kappa shape index (κ1) is 13.4. The molecule has 2 aromatic carbocycles. The van der Waals surface area contributed by atoms with Crippen LogP contribution in [0.2, 0.25) is 0 Å². The van der Waals surface area contributed by atoms with Crippen molar-refractivity contribution in [1.29, 1.82) is 5.26 Å². The maximum absolute atomic E-state index is 9.19. The third-order valence-corrected chi connectivity index (χ3v) is 4.06. The fourth-order valence-electron chi connectivity index (χ4n) is 3.06. The van der Waals surface area contributed by atoms with Gasteiger partial charge < -0.3 is 10.3 Å². The van der Waals surface area contributed by atoms with Gasteiger partial charge in [-0.25, -0.2) is 0 Å². The van der Waals surface area contributed by atoms with Crippen LogP contribution in [0.25, 0.3) is 27.5 Å². The van der Waals surface area contributed by atoms with E-state index in [9.17, 15) is 5.26 Å². The number of nitrogen functional groups attached to an aromatic ring is 1. The molecule has 0 aliphatic heterocycles. The van der Waals surface area contributed by atoms with Gasteiger partial charge in [0.1, 0.15) is 0 Å². The Kier molecular flexibility index (Phi) is 2.82. The first-order chi connectivity index (χ1) is 11.2. The van der Waals surface area contributed by atoms with Gasteiger partial charge in [-0.3, -0.25) is 4.98 Å². The molecule has 110 valence electrons. The monoisotopic (exact) mass is 298 g/mol. The molecule has 2 heterocycles. The second-order valence-corrected chi connectivity index (χ2v) is 5.61. The third kappa shape index (κ3) is 2.02. The van der Waals surface area contributed by atoms with E-state index in [-0.39, 0.29) is 0 Å². The van der Waals surface area contributed by atoms with Crippen molar-refractivity contribution in [2.75, 3.05) is 5.73 Å². The van der Waals surface area contributed by atoms with E-state index in [0.29, 0.717) is 11.3 Å². The van der Waals surface area contributed by atoms with Crippen LogP contribution in [0.15, 0.2) is 54.7 Å². The molecule has 0 aliphatic rings. The molecule has 2 aromatic heterocycles. The van der Waals surface area contributed by atoms with Gasteiger partial charge in [0.2, 0.25) is 0 Å². The molecule has 23 heavy (non-hydrogen) atoms. The lowest BCUT2D eigenvalue weighted by Gasteiger charge is -2.08. The molecule has 4 aromatic rings. The molecule has 0 bridgehead atoms. The number of aromatic nitrogens is 2. The van der Waals surface area contributed by atoms with Gasteiger partial charge in [-0.05, 0) is 55.5 Å². The van der Waals surface area contributed by atoms with E-state index >= 15 is 0 Å². The number of rotatable bonds is 1. The van der Waals surface area contributed by atoms with E-state index < -0.39 is 0 Å². The van der Waals surface area contributed by atoms with Gasteiger partial charge in [-0.1, -0.05) is 0 Å². The summed E-state index contributed by atoms with van der Waals surface area (Å²) < 4.78 is 2.18. The molecular formula is C19H14N4. The quantitative estimate of drug-likeness (QED) is 0.541. The minimum absolute atomic E-state index is 0.643. The molecule has 0 saturated heterocycles. The average Bonchev–Trinajstić information content (AvgIpc) is 2.87. The van der Waals surface area contributed by atoms with Crippen LogP contribution in [0, 0.1) is 18.3 Å². The van der Waals surface area contributed by atoms with E-state index in [1.165, 1.54) is 0 Å². The van der Waals surface area contributed by atoms with Crippen LogP contribution in [0.3, 0.4) is 0 Å². The van der Waals surface area contributed by atoms with Crippen LogP contribution in [0.4, 0.5) is 5.69 Å². The number of nitrogens with two attached hydrogens (primary N) is 1. The number of benzene rings is 2. The second-order valence-electron chi connectivity index (χ2n) is 5.61. The summed E-state index contributed by atoms with van der Waals surface area (Å²) in [4.78, 5) is 4.27. The summed E-state index contributed by atoms with van der Waals surface area (Å²) in [5.74, 6) is 0. The number of nitrogens with zero attached hydrogens (tertiary/aromatic N) is 3. The number of aryl methyl sites for hydroxylation is 1. The van der Waals surface area contributed by atoms with Gasteiger partial charge in [0.25, 0.3) is 0 Å². The van der Waals surface area contributed by atoms with Gasteiger partial charge in [-0.2, -0.15) is 5.26 Å². The van der Waals surface area contributed by atoms with Gasteiger partial charge in [-0.15, -0.1) is 0 Å². The largest absolute Gasteiger partial charge is 0.399 e. The number of fused-ring (bicyclic) bond motifs is 3. The molecule has 0 amide bonds. The number of hydrogen-bond donors (Lipinski definition) is 1. The molecular weight excluding hydrogens is 284 g/mol. The Morgan fingerprint density at radius 2 is 1.74 bits per heavy atom. The van der Waals surface area contributed by atoms with Crippen LogP contribution in [0.1, 0.15) is 11.3 Å². The first-order valence-electron chi connectivity index (χ1n) is 7.34. The van der Waals surface area contributed by atoms with Gasteiger partial charge in [0, 0.05) is 34.0 Å². The maximum atomic E-state index is 9.19. The van der Waals surface area contributed by atoms with Gasteiger partial charge in [0.05, 0.1) is 22.7 Å². The van der Waals surface area contributed by atoms with Crippen molar-refractivity contribution in [2.24, 2.45) is 0 Å². The molecule has 4 rings (SSSR count). The standard InChI is InChI=1S/C19H14N4/c1-12-8-15(6-7-22-12)23-18-4-2-13(11-20)9-16(18)17-10-14(21)3-5-19(17)23/h2-10H,21H2,1H3. The number of pyridine rings is 1. The Bertz CT molecular complexity index is 1100. The molecule has 4 heteroatoms. The first-order valence-corrected chi connectivity index (χ1v) is 7.34. The molecule has 0 radical (unpaired) electrons. The Balaban J connectivity index is 2.19. The predicted octanol–water partition coefficient (Wildman–Crippen LogP) is 3.94. The lowest BCUT2D eigenvalue weighted by atomic mass is 10.1. The van der Waals surface area contributed by atoms with E-state index in [4.69, 9.17) is 5.73 Å². The molecule has 4 nitrogen and oxygen atoms in total. The molecule has 0 aliphatic carbocycles. The van der Waals surface area contributed by atoms with E-state index in [2.05, 4.69) is 15.6 Å². The van der Waals surface area contributed by atoms with Gasteiger partial charge in [0.15, 0.2) is 0 Å². The van der Waals surface area contributed by atoms with Crippen LogP contribution in [0.5, 0.6) is 0 Å². The lowest BCUT2D eigenvalue weighted by Crippen LogP contribution is -1.95. The fraction of sp³-hybridized carbons (Fsp3) is 0.0526. The van der Waals surface area contributed by atoms with Gasteiger partial charge >= 0.3 is 0 Å². The molecule has 0 unspecified atom stereocenters. The van der Waals surface area contributed by atoms with Crippen molar-refractivity contribution in [3.8, 4) is 11.8 Å². The van der Waals surface area contributed by atoms with Crippen LogP contribution < -0.4 is 5.73 Å². The normalized spacial score (nSPS) is 11.0. The summed E-state index contributed by atoms with van der Waals surface area (Å²) >= 11 is 0. The van der Waals surface area contributed by atoms with Crippen molar-refractivity contribution in [3.63, 3.8) is 0 Å². The summed E-state index contributed by atoms with van der Waals surface area (Å²) in [6.45, 7) is 1.98. The zero-order chi connectivity index (χ0) is 16.0. The molecule has 0 atom stereocenters. The smallest absolute Gasteiger partial charge is 0.0991 e. The van der Waals surface area contributed by atoms with Crippen molar-refractivity contribution in [3.05, 3.63) is 66.0 Å². The Labute approximate surface area is 133 Å². The van der Waals surface area contributed by atoms with Crippen molar-refractivity contribution in [1.82, 2.24) is 9.55 Å². The number of hydrogen-bond acceptors (Lipinski definition) is 3. The topological polar surface area (TPSA) is 67.6 Å². The van der Waals surface area contributed by atoms with E-state index in [0.717, 1.165) is 33.2 Å². The predicted molar refractivity (Wildman–Crippen MR) is 92.4 cm³/mol. The summed E-state index contributed by atoms with van der Waals surface area (Å²) in [5.41, 5.74) is 11.5. The third-order valence-electron chi connectivity index (χ3n) is 4.06. The summed E-state index contributed by atoms with van der Waals surface area (Å²) in [7, 11) is 0. The minimum atomic E-state index is 0.643. The zero-order valence-electron chi connectivity index (χ0n) is 12.6. The Morgan fingerprint density at radius 1 is 1.00 bits per heavy atom. The van der Waals surface area contributed by atoms with Crippen LogP contribution in [-0.2, 0) is 0 Å². The summed E-state index contributed by atoms with van der Waals surface area (Å²) in [5, 5.41) is 11.3. The highest BCUT2D eigenvalue weighted by Gasteiger charge is 2.13. The van der Waals surface area contributed by atoms with Crippen molar-refractivity contribution < 1.29 is 0 Å². The van der Waals surface area contributed by atoms with Crippen molar-refractivity contribution >= 4 is 27.5 Å². The highest BCUT2D eigenvalue weighted by molar-refractivity contribution is 6.10. The number of anilines is 1. The SMILES string of the molecule is Cc1cc(-n2c3ccc(N)cc3c3cc(C#N)ccc32)ccn1. The van der Waals surface area contributed by atoms with E-state index in [1.54, 1.807) is 0 Å². The summed E-state index contributed by atoms with van der Waals surface area (Å²) in [6, 6.07) is 17.9. The highest BCUT2D eigenvalue weighted by Crippen LogP contribution is 2.33. The lowest BCUT2D eigenvalue weighted by molar-refractivity contribution is 1.12. The minimum Gasteiger partial charge on any atom is -0.399 e. The molecule has 0 saturated carbocycles. The average molecular weight is 298 g/mol. The second kappa shape index (κ2) is 4.85. The molecule has 0 spiro atoms. The van der Waals surface area contributed by atoms with Crippen LogP contribution in [-0.4, -0.2) is 9.55 Å². The summed E-state index contributed by atoms with van der Waals surface area (Å²) in [6.07, 6.45) is 1.81. The highest BCUT2D eigenvalue weighted by atomic mass is 15.0. The zero-order valence-corrected chi connectivity index (χ0v) is 12.6. The molecule has 2 N–H and O–H groups in total.